The fourth-order valence-electron chi connectivity index (χ4n) is 6.20. The van der Waals surface area contributed by atoms with Crippen LogP contribution in [0, 0.1) is 0 Å². The average molecular weight is 683 g/mol. The number of halogens is 4. The average Bonchev–Trinajstić information content (AvgIpc) is 2.98. The Labute approximate surface area is 261 Å². The summed E-state index contributed by atoms with van der Waals surface area (Å²) in [7, 11) is 3.94. The summed E-state index contributed by atoms with van der Waals surface area (Å²) in [5.74, 6) is -0.466. The number of piperidine rings is 2. The second-order valence-corrected chi connectivity index (χ2v) is 12.5. The molecule has 44 heavy (non-hydrogen) atoms. The number of para-hydroxylation sites is 1. The van der Waals surface area contributed by atoms with E-state index in [0.717, 1.165) is 11.6 Å². The third-order valence-corrected chi connectivity index (χ3v) is 9.37. The van der Waals surface area contributed by atoms with Crippen LogP contribution in [0.25, 0.3) is 0 Å². The van der Waals surface area contributed by atoms with Gasteiger partial charge in [0.25, 0.3) is 5.91 Å². The van der Waals surface area contributed by atoms with Gasteiger partial charge in [-0.1, -0.05) is 18.2 Å². The lowest BCUT2D eigenvalue weighted by Gasteiger charge is -2.44. The number of nitrogens with zero attached hydrogens (tertiary/aromatic N) is 3. The fraction of sp³-hybridized carbons (Fsp3) is 0.500. The van der Waals surface area contributed by atoms with Crippen molar-refractivity contribution in [2.24, 2.45) is 0 Å². The summed E-state index contributed by atoms with van der Waals surface area (Å²) in [5, 5.41) is 2.69. The molecule has 5 rings (SSSR count). The number of hydrogen-bond acceptors (Lipinski definition) is 7. The number of nitrogens with one attached hydrogen (secondary N) is 1. The normalized spacial score (nSPS) is 19.3. The first-order chi connectivity index (χ1) is 20.8. The summed E-state index contributed by atoms with van der Waals surface area (Å²) >= 11 is 3.10. The number of nitrogen functional groups attached to an aromatic ring is 1. The van der Waals surface area contributed by atoms with E-state index in [9.17, 15) is 27.6 Å². The van der Waals surface area contributed by atoms with Gasteiger partial charge in [-0.2, -0.15) is 13.2 Å². The quantitative estimate of drug-likeness (QED) is 0.417. The lowest BCUT2D eigenvalue weighted by molar-refractivity contribution is -0.142. The smallest absolute Gasteiger partial charge is 0.418 e. The molecule has 3 aliphatic heterocycles. The van der Waals surface area contributed by atoms with Crippen molar-refractivity contribution >= 4 is 45.4 Å². The zero-order valence-electron chi connectivity index (χ0n) is 24.5. The molecule has 10 nitrogen and oxygen atoms in total. The van der Waals surface area contributed by atoms with Crippen molar-refractivity contribution in [3.8, 4) is 0 Å². The molecule has 1 atom stereocenters. The molecule has 238 valence electrons. The van der Waals surface area contributed by atoms with E-state index >= 15 is 0 Å². The Bertz CT molecular complexity index is 1420. The molecule has 2 aromatic carbocycles. The molecule has 3 N–H and O–H groups in total. The molecular formula is C30H35BrF3N5O5. The highest BCUT2D eigenvalue weighted by atomic mass is 79.9. The summed E-state index contributed by atoms with van der Waals surface area (Å²) in [6, 6.07) is 9.90. The molecule has 0 saturated carbocycles. The zero-order chi connectivity index (χ0) is 31.8. The lowest BCUT2D eigenvalue weighted by atomic mass is 9.82. The first kappa shape index (κ1) is 31.9. The second-order valence-electron chi connectivity index (χ2n) is 11.7. The topological polar surface area (TPSA) is 117 Å². The number of ether oxygens (including phenoxy) is 2. The highest BCUT2D eigenvalue weighted by molar-refractivity contribution is 9.10. The van der Waals surface area contributed by atoms with Gasteiger partial charge in [-0.15, -0.1) is 0 Å². The molecule has 2 aromatic rings. The Morgan fingerprint density at radius 2 is 1.80 bits per heavy atom. The van der Waals surface area contributed by atoms with Gasteiger partial charge in [0.2, 0.25) is 0 Å². The summed E-state index contributed by atoms with van der Waals surface area (Å²) in [6.07, 6.45) is -5.63. The molecule has 0 aromatic heterocycles. The second kappa shape index (κ2) is 12.5. The summed E-state index contributed by atoms with van der Waals surface area (Å²) in [6.45, 7) is 1.22. The van der Waals surface area contributed by atoms with Gasteiger partial charge >= 0.3 is 18.4 Å². The molecule has 0 bridgehead atoms. The minimum absolute atomic E-state index is 0.0322. The van der Waals surface area contributed by atoms with E-state index in [0.29, 0.717) is 44.5 Å². The van der Waals surface area contributed by atoms with Crippen LogP contribution in [0.5, 0.6) is 0 Å². The van der Waals surface area contributed by atoms with Crippen molar-refractivity contribution in [2.75, 3.05) is 51.3 Å². The molecule has 3 heterocycles. The van der Waals surface area contributed by atoms with Crippen LogP contribution in [0.2, 0.25) is 0 Å². The number of rotatable bonds is 5. The summed E-state index contributed by atoms with van der Waals surface area (Å²) in [4.78, 5) is 44.6. The third-order valence-electron chi connectivity index (χ3n) is 8.71. The minimum atomic E-state index is -4.71. The first-order valence-corrected chi connectivity index (χ1v) is 15.2. The van der Waals surface area contributed by atoms with Gasteiger partial charge < -0.3 is 29.9 Å². The van der Waals surface area contributed by atoms with Crippen molar-refractivity contribution in [2.45, 2.75) is 56.0 Å². The van der Waals surface area contributed by atoms with E-state index in [-0.39, 0.29) is 35.6 Å². The van der Waals surface area contributed by atoms with Gasteiger partial charge in [0.1, 0.15) is 5.60 Å². The Balaban J connectivity index is 1.34. The lowest BCUT2D eigenvalue weighted by Crippen LogP contribution is -2.52. The van der Waals surface area contributed by atoms with Gasteiger partial charge in [-0.25, -0.2) is 9.59 Å². The van der Waals surface area contributed by atoms with E-state index in [2.05, 4.69) is 26.1 Å². The minimum Gasteiger partial charge on any atom is -0.438 e. The number of hydrogen-bond donors (Lipinski definition) is 2. The standard InChI is InChI=1S/C30H35BrF3N5O5/c1-37(2)19-7-11-38(12-8-19)26(40)24(17-18-15-21(30(32,33)34)25(35)22(31)16-18)43-28(42)39-13-9-29(10-14-39)20-5-3-4-6-23(20)36-27(41)44-29/h3-6,15-16,19,24H,7-14,17,35H2,1-2H3,(H,36,41)/t24-/m1/s1. The Morgan fingerprint density at radius 1 is 1.14 bits per heavy atom. The van der Waals surface area contributed by atoms with Gasteiger partial charge in [0.15, 0.2) is 6.10 Å². The molecule has 14 heteroatoms. The first-order valence-electron chi connectivity index (χ1n) is 14.4. The molecule has 0 unspecified atom stereocenters. The highest BCUT2D eigenvalue weighted by Crippen LogP contribution is 2.43. The molecular weight excluding hydrogens is 647 g/mol. The van der Waals surface area contributed by atoms with Crippen molar-refractivity contribution < 1.29 is 37.0 Å². The van der Waals surface area contributed by atoms with Crippen molar-refractivity contribution in [3.63, 3.8) is 0 Å². The summed E-state index contributed by atoms with van der Waals surface area (Å²) < 4.78 is 52.7. The Hall–Kier alpha value is -3.52. The zero-order valence-corrected chi connectivity index (χ0v) is 26.0. The predicted octanol–water partition coefficient (Wildman–Crippen LogP) is 5.20. The summed E-state index contributed by atoms with van der Waals surface area (Å²) in [5.41, 5.74) is 4.88. The number of alkyl halides is 3. The number of likely N-dealkylation sites (tertiary alicyclic amines) is 2. The van der Waals surface area contributed by atoms with Crippen molar-refractivity contribution in [1.29, 1.82) is 0 Å². The maximum absolute atomic E-state index is 13.7. The molecule has 2 fully saturated rings. The fourth-order valence-corrected chi connectivity index (χ4v) is 6.71. The molecule has 0 radical (unpaired) electrons. The molecule has 1 spiro atoms. The van der Waals surface area contributed by atoms with Crippen molar-refractivity contribution in [1.82, 2.24) is 14.7 Å². The van der Waals surface area contributed by atoms with Crippen molar-refractivity contribution in [3.05, 3.63) is 57.6 Å². The van der Waals surface area contributed by atoms with Crippen LogP contribution < -0.4 is 11.1 Å². The van der Waals surface area contributed by atoms with Crippen LogP contribution in [0.3, 0.4) is 0 Å². The largest absolute Gasteiger partial charge is 0.438 e. The number of benzene rings is 2. The van der Waals surface area contributed by atoms with Crippen LogP contribution in [0.1, 0.15) is 42.4 Å². The van der Waals surface area contributed by atoms with E-state index < -0.39 is 47.2 Å². The number of anilines is 2. The Morgan fingerprint density at radius 3 is 2.43 bits per heavy atom. The van der Waals surface area contributed by atoms with Crippen LogP contribution in [0.15, 0.2) is 40.9 Å². The number of nitrogens with two attached hydrogens (primary N) is 1. The number of carbonyl (C=O) groups excluding carboxylic acids is 3. The number of fused-ring (bicyclic) bond motifs is 2. The van der Waals surface area contributed by atoms with E-state index in [4.69, 9.17) is 15.2 Å². The molecule has 3 aliphatic rings. The molecule has 0 aliphatic carbocycles. The third kappa shape index (κ3) is 6.60. The van der Waals surface area contributed by atoms with Crippen LogP contribution in [-0.4, -0.2) is 85.2 Å². The Kier molecular flexibility index (Phi) is 9.04. The monoisotopic (exact) mass is 681 g/mol. The predicted molar refractivity (Wildman–Crippen MR) is 160 cm³/mol. The van der Waals surface area contributed by atoms with Gasteiger partial charge in [-0.3, -0.25) is 10.1 Å². The van der Waals surface area contributed by atoms with Gasteiger partial charge in [-0.05, 0) is 66.6 Å². The van der Waals surface area contributed by atoms with Crippen LogP contribution >= 0.6 is 15.9 Å². The molecule has 2 saturated heterocycles. The number of amides is 3. The maximum atomic E-state index is 13.7. The van der Waals surface area contributed by atoms with E-state index in [1.54, 1.807) is 11.0 Å². The SMILES string of the molecule is CN(C)C1CCN(C(=O)[C@@H](Cc2cc(Br)c(N)c(C(F)(F)F)c2)OC(=O)N2CCC3(CC2)OC(=O)Nc2ccccc23)CC1. The van der Waals surface area contributed by atoms with E-state index in [1.807, 2.05) is 32.3 Å². The van der Waals surface area contributed by atoms with Crippen LogP contribution in [0.4, 0.5) is 34.1 Å². The maximum Gasteiger partial charge on any atom is 0.418 e. The molecule has 3 amide bonds. The number of carbonyl (C=O) groups is 3. The van der Waals surface area contributed by atoms with Gasteiger partial charge in [0, 0.05) is 61.5 Å². The van der Waals surface area contributed by atoms with E-state index in [1.165, 1.54) is 11.0 Å². The van der Waals surface area contributed by atoms with Crippen LogP contribution in [-0.2, 0) is 32.5 Å². The highest BCUT2D eigenvalue weighted by Gasteiger charge is 2.46. The van der Waals surface area contributed by atoms with Gasteiger partial charge in [0.05, 0.1) is 16.9 Å².